The first-order valence-electron chi connectivity index (χ1n) is 5.84. The van der Waals surface area contributed by atoms with Crippen LogP contribution in [0, 0.1) is 0 Å². The molecule has 1 aromatic heterocycles. The number of rotatable bonds is 7. The van der Waals surface area contributed by atoms with Gasteiger partial charge in [-0.2, -0.15) is 0 Å². The van der Waals surface area contributed by atoms with Gasteiger partial charge in [-0.15, -0.1) is 0 Å². The first kappa shape index (κ1) is 14.7. The van der Waals surface area contributed by atoms with Crippen LogP contribution in [0.5, 0.6) is 11.5 Å². The second-order valence-electron chi connectivity index (χ2n) is 4.66. The van der Waals surface area contributed by atoms with Crippen LogP contribution in [0.2, 0.25) is 0 Å². The average molecular weight is 254 g/mol. The summed E-state index contributed by atoms with van der Waals surface area (Å²) in [5, 5.41) is 3.38. The first-order chi connectivity index (χ1) is 8.54. The summed E-state index contributed by atoms with van der Waals surface area (Å²) in [7, 11) is 4.92. The SMILES string of the molecule is COCC(C)(C)NCc1nccc(OC)c1OC. The minimum Gasteiger partial charge on any atom is -0.493 e. The molecule has 0 saturated carbocycles. The van der Waals surface area contributed by atoms with Crippen molar-refractivity contribution in [3.8, 4) is 11.5 Å². The summed E-state index contributed by atoms with van der Waals surface area (Å²) in [6.45, 7) is 5.36. The molecule has 0 aliphatic rings. The van der Waals surface area contributed by atoms with Gasteiger partial charge in [-0.25, -0.2) is 0 Å². The number of nitrogens with zero attached hydrogens (tertiary/aromatic N) is 1. The second kappa shape index (κ2) is 6.56. The zero-order chi connectivity index (χ0) is 13.6. The Bertz CT molecular complexity index is 380. The lowest BCUT2D eigenvalue weighted by Crippen LogP contribution is -2.42. The topological polar surface area (TPSA) is 52.6 Å². The van der Waals surface area contributed by atoms with E-state index in [1.807, 2.05) is 0 Å². The van der Waals surface area contributed by atoms with E-state index in [1.54, 1.807) is 33.6 Å². The maximum Gasteiger partial charge on any atom is 0.183 e. The Morgan fingerprint density at radius 2 is 1.94 bits per heavy atom. The molecule has 0 saturated heterocycles. The lowest BCUT2D eigenvalue weighted by molar-refractivity contribution is 0.127. The third-order valence-electron chi connectivity index (χ3n) is 2.61. The molecule has 0 radical (unpaired) electrons. The average Bonchev–Trinajstić information content (AvgIpc) is 2.35. The van der Waals surface area contributed by atoms with Crippen molar-refractivity contribution in [2.24, 2.45) is 0 Å². The van der Waals surface area contributed by atoms with E-state index >= 15 is 0 Å². The van der Waals surface area contributed by atoms with Crippen LogP contribution in [0.15, 0.2) is 12.3 Å². The maximum atomic E-state index is 5.33. The molecule has 1 N–H and O–H groups in total. The van der Waals surface area contributed by atoms with E-state index in [1.165, 1.54) is 0 Å². The number of nitrogens with one attached hydrogen (secondary N) is 1. The summed E-state index contributed by atoms with van der Waals surface area (Å²) in [6.07, 6.45) is 1.71. The van der Waals surface area contributed by atoms with E-state index < -0.39 is 0 Å². The van der Waals surface area contributed by atoms with E-state index in [2.05, 4.69) is 24.1 Å². The number of ether oxygens (including phenoxy) is 3. The lowest BCUT2D eigenvalue weighted by atomic mass is 10.1. The fourth-order valence-electron chi connectivity index (χ4n) is 1.71. The summed E-state index contributed by atoms with van der Waals surface area (Å²) < 4.78 is 15.7. The van der Waals surface area contributed by atoms with Gasteiger partial charge in [0.25, 0.3) is 0 Å². The van der Waals surface area contributed by atoms with E-state index in [0.29, 0.717) is 24.7 Å². The highest BCUT2D eigenvalue weighted by Gasteiger charge is 2.18. The van der Waals surface area contributed by atoms with Gasteiger partial charge in [0.2, 0.25) is 0 Å². The fourth-order valence-corrected chi connectivity index (χ4v) is 1.71. The van der Waals surface area contributed by atoms with Crippen molar-refractivity contribution in [1.29, 1.82) is 0 Å². The molecule has 0 aliphatic heterocycles. The normalized spacial score (nSPS) is 11.4. The Morgan fingerprint density at radius 3 is 2.50 bits per heavy atom. The summed E-state index contributed by atoms with van der Waals surface area (Å²) >= 11 is 0. The first-order valence-corrected chi connectivity index (χ1v) is 5.84. The maximum absolute atomic E-state index is 5.33. The van der Waals surface area contributed by atoms with E-state index in [0.717, 1.165) is 5.69 Å². The van der Waals surface area contributed by atoms with Gasteiger partial charge < -0.3 is 19.5 Å². The number of aromatic nitrogens is 1. The van der Waals surface area contributed by atoms with Gasteiger partial charge in [0, 0.05) is 31.5 Å². The highest BCUT2D eigenvalue weighted by molar-refractivity contribution is 5.42. The standard InChI is InChI=1S/C13H22N2O3/c1-13(2,9-16-3)15-8-10-12(18-5)11(17-4)6-7-14-10/h6-7,15H,8-9H2,1-5H3. The molecule has 0 spiro atoms. The fraction of sp³-hybridized carbons (Fsp3) is 0.615. The van der Waals surface area contributed by atoms with Gasteiger partial charge in [-0.3, -0.25) is 4.98 Å². The van der Waals surface area contributed by atoms with Gasteiger partial charge in [0.15, 0.2) is 11.5 Å². The third kappa shape index (κ3) is 3.85. The lowest BCUT2D eigenvalue weighted by Gasteiger charge is -2.25. The monoisotopic (exact) mass is 254 g/mol. The van der Waals surface area contributed by atoms with Crippen molar-refractivity contribution in [2.75, 3.05) is 27.9 Å². The molecule has 5 heteroatoms. The van der Waals surface area contributed by atoms with Crippen LogP contribution in [0.3, 0.4) is 0 Å². The van der Waals surface area contributed by atoms with Gasteiger partial charge in [0.05, 0.1) is 26.5 Å². The van der Waals surface area contributed by atoms with E-state index in [-0.39, 0.29) is 5.54 Å². The molecule has 1 heterocycles. The quantitative estimate of drug-likeness (QED) is 0.801. The number of methoxy groups -OCH3 is 3. The van der Waals surface area contributed by atoms with Crippen molar-refractivity contribution in [2.45, 2.75) is 25.9 Å². The summed E-state index contributed by atoms with van der Waals surface area (Å²) in [5.74, 6) is 1.36. The molecule has 102 valence electrons. The van der Waals surface area contributed by atoms with Crippen molar-refractivity contribution in [3.05, 3.63) is 18.0 Å². The zero-order valence-electron chi connectivity index (χ0n) is 11.7. The predicted molar refractivity (Wildman–Crippen MR) is 70.1 cm³/mol. The van der Waals surface area contributed by atoms with Crippen molar-refractivity contribution < 1.29 is 14.2 Å². The van der Waals surface area contributed by atoms with Crippen LogP contribution in [0.1, 0.15) is 19.5 Å². The molecule has 1 aromatic rings. The molecule has 0 fully saturated rings. The number of hydrogen-bond donors (Lipinski definition) is 1. The smallest absolute Gasteiger partial charge is 0.183 e. The third-order valence-corrected chi connectivity index (χ3v) is 2.61. The van der Waals surface area contributed by atoms with Gasteiger partial charge in [-0.05, 0) is 13.8 Å². The summed E-state index contributed by atoms with van der Waals surface area (Å²) in [4.78, 5) is 4.31. The zero-order valence-corrected chi connectivity index (χ0v) is 11.7. The van der Waals surface area contributed by atoms with Gasteiger partial charge in [0.1, 0.15) is 0 Å². The van der Waals surface area contributed by atoms with Crippen LogP contribution in [0.4, 0.5) is 0 Å². The van der Waals surface area contributed by atoms with E-state index in [9.17, 15) is 0 Å². The van der Waals surface area contributed by atoms with E-state index in [4.69, 9.17) is 14.2 Å². The molecule has 0 bridgehead atoms. The minimum absolute atomic E-state index is 0.121. The van der Waals surface area contributed by atoms with Gasteiger partial charge >= 0.3 is 0 Å². The predicted octanol–water partition coefficient (Wildman–Crippen LogP) is 1.61. The number of pyridine rings is 1. The van der Waals surface area contributed by atoms with Crippen molar-refractivity contribution in [3.63, 3.8) is 0 Å². The van der Waals surface area contributed by atoms with Crippen LogP contribution >= 0.6 is 0 Å². The Hall–Kier alpha value is -1.33. The molecule has 0 amide bonds. The molecule has 5 nitrogen and oxygen atoms in total. The molecule has 0 unspecified atom stereocenters. The Labute approximate surface area is 108 Å². The van der Waals surface area contributed by atoms with Crippen LogP contribution in [0.25, 0.3) is 0 Å². The van der Waals surface area contributed by atoms with Crippen molar-refractivity contribution in [1.82, 2.24) is 10.3 Å². The number of hydrogen-bond acceptors (Lipinski definition) is 5. The Morgan fingerprint density at radius 1 is 1.22 bits per heavy atom. The second-order valence-corrected chi connectivity index (χ2v) is 4.66. The molecular formula is C13H22N2O3. The van der Waals surface area contributed by atoms with Crippen molar-refractivity contribution >= 4 is 0 Å². The van der Waals surface area contributed by atoms with Gasteiger partial charge in [-0.1, -0.05) is 0 Å². The minimum atomic E-state index is -0.121. The Balaban J connectivity index is 2.78. The molecular weight excluding hydrogens is 232 g/mol. The molecule has 0 aliphatic carbocycles. The molecule has 0 aromatic carbocycles. The Kier molecular flexibility index (Phi) is 5.37. The largest absolute Gasteiger partial charge is 0.493 e. The molecule has 18 heavy (non-hydrogen) atoms. The highest BCUT2D eigenvalue weighted by Crippen LogP contribution is 2.29. The highest BCUT2D eigenvalue weighted by atomic mass is 16.5. The summed E-state index contributed by atoms with van der Waals surface area (Å²) in [6, 6.07) is 1.78. The van der Waals surface area contributed by atoms with Crippen LogP contribution in [-0.2, 0) is 11.3 Å². The van der Waals surface area contributed by atoms with Crippen LogP contribution in [-0.4, -0.2) is 38.5 Å². The summed E-state index contributed by atoms with van der Waals surface area (Å²) in [5.41, 5.74) is 0.700. The van der Waals surface area contributed by atoms with Crippen LogP contribution < -0.4 is 14.8 Å². The molecule has 0 atom stereocenters. The molecule has 1 rings (SSSR count).